The molecule has 7 atom stereocenters. The van der Waals surface area contributed by atoms with Gasteiger partial charge in [0.05, 0.1) is 44.3 Å². The maximum absolute atomic E-state index is 14.6. The van der Waals surface area contributed by atoms with Crippen molar-refractivity contribution >= 4 is 39.4 Å². The number of alkyl halides is 1. The quantitative estimate of drug-likeness (QED) is 0.156. The van der Waals surface area contributed by atoms with Gasteiger partial charge in [0.25, 0.3) is 5.91 Å². The van der Waals surface area contributed by atoms with E-state index < -0.39 is 41.6 Å². The number of hydrogen-bond donors (Lipinski definition) is 1. The van der Waals surface area contributed by atoms with E-state index >= 15 is 0 Å². The molecule has 1 aromatic rings. The van der Waals surface area contributed by atoms with Crippen LogP contribution < -0.4 is 9.64 Å². The molecule has 1 N–H and O–H groups in total. The van der Waals surface area contributed by atoms with Crippen molar-refractivity contribution in [3.8, 4) is 5.75 Å². The van der Waals surface area contributed by atoms with Crippen molar-refractivity contribution < 1.29 is 33.7 Å². The van der Waals surface area contributed by atoms with E-state index in [1.807, 2.05) is 13.8 Å². The van der Waals surface area contributed by atoms with Crippen molar-refractivity contribution in [1.29, 1.82) is 0 Å². The number of fused-ring (bicyclic) bond motifs is 1. The molecular weight excluding hydrogens is 580 g/mol. The van der Waals surface area contributed by atoms with Crippen molar-refractivity contribution in [2.75, 3.05) is 31.8 Å². The second kappa shape index (κ2) is 12.4. The fourth-order valence-corrected chi connectivity index (χ4v) is 7.39. The van der Waals surface area contributed by atoms with Gasteiger partial charge in [-0.05, 0) is 49.4 Å². The minimum atomic E-state index is -1.26. The van der Waals surface area contributed by atoms with Gasteiger partial charge in [-0.25, -0.2) is 0 Å². The summed E-state index contributed by atoms with van der Waals surface area (Å²) in [5.41, 5.74) is -0.657. The molecule has 40 heavy (non-hydrogen) atoms. The zero-order valence-electron chi connectivity index (χ0n) is 23.3. The average Bonchev–Trinajstić information content (AvgIpc) is 3.53. The van der Waals surface area contributed by atoms with E-state index in [4.69, 9.17) is 14.2 Å². The van der Waals surface area contributed by atoms with Crippen molar-refractivity contribution in [2.24, 2.45) is 17.8 Å². The van der Waals surface area contributed by atoms with Gasteiger partial charge in [0, 0.05) is 17.1 Å². The Hall–Kier alpha value is -2.69. The molecule has 0 radical (unpaired) electrons. The molecule has 4 rings (SSSR count). The lowest BCUT2D eigenvalue weighted by Gasteiger charge is -2.40. The number of esters is 1. The summed E-state index contributed by atoms with van der Waals surface area (Å²) in [5, 5.41) is 10.4. The Labute approximate surface area is 244 Å². The maximum Gasteiger partial charge on any atom is 0.312 e. The average molecular weight is 620 g/mol. The van der Waals surface area contributed by atoms with Gasteiger partial charge in [-0.15, -0.1) is 13.2 Å². The fraction of sp³-hybridized carbons (Fsp3) is 0.567. The number of amides is 2. The summed E-state index contributed by atoms with van der Waals surface area (Å²) in [5.74, 6) is -2.52. The van der Waals surface area contributed by atoms with Crippen molar-refractivity contribution in [3.05, 3.63) is 49.6 Å². The van der Waals surface area contributed by atoms with Crippen LogP contribution in [0.3, 0.4) is 0 Å². The van der Waals surface area contributed by atoms with Crippen LogP contribution in [0.4, 0.5) is 5.69 Å². The van der Waals surface area contributed by atoms with Crippen LogP contribution in [0.1, 0.15) is 33.1 Å². The SMILES string of the molecule is C=CCCCOC(=O)[C@H]1[C@@H]2OC3(CC2Br)C(C(=O)N(CC=C)c2ccc(OC)cc2)N([C@@H](CO)C(C)C)C(=O)[C@H]13. The van der Waals surface area contributed by atoms with E-state index in [0.29, 0.717) is 30.7 Å². The summed E-state index contributed by atoms with van der Waals surface area (Å²) in [4.78, 5) is 45.1. The first-order valence-corrected chi connectivity index (χ1v) is 14.7. The molecule has 2 amide bonds. The number of ether oxygens (including phenoxy) is 3. The van der Waals surface area contributed by atoms with Crippen molar-refractivity contribution in [1.82, 2.24) is 4.90 Å². The third-order valence-electron chi connectivity index (χ3n) is 8.31. The zero-order valence-corrected chi connectivity index (χ0v) is 24.9. The number of carbonyl (C=O) groups excluding carboxylic acids is 3. The van der Waals surface area contributed by atoms with Crippen LogP contribution in [0.5, 0.6) is 5.75 Å². The number of nitrogens with zero attached hydrogens (tertiary/aromatic N) is 2. The molecule has 0 aliphatic carbocycles. The van der Waals surface area contributed by atoms with Gasteiger partial charge in [-0.3, -0.25) is 14.4 Å². The highest BCUT2D eigenvalue weighted by Gasteiger charge is 2.77. The largest absolute Gasteiger partial charge is 0.497 e. The fourth-order valence-electron chi connectivity index (χ4n) is 6.45. The number of likely N-dealkylation sites (tertiary alicyclic amines) is 1. The van der Waals surface area contributed by atoms with Gasteiger partial charge in [-0.2, -0.15) is 0 Å². The first-order valence-electron chi connectivity index (χ1n) is 13.8. The number of methoxy groups -OCH3 is 1. The number of aliphatic hydroxyl groups excluding tert-OH is 1. The van der Waals surface area contributed by atoms with Crippen LogP contribution in [0.15, 0.2) is 49.6 Å². The number of allylic oxidation sites excluding steroid dienone is 1. The predicted octanol–water partition coefficient (Wildman–Crippen LogP) is 3.49. The molecule has 2 bridgehead atoms. The molecule has 3 unspecified atom stereocenters. The molecule has 0 saturated carbocycles. The van der Waals surface area contributed by atoms with Gasteiger partial charge < -0.3 is 29.1 Å². The summed E-state index contributed by atoms with van der Waals surface area (Å²) >= 11 is 3.68. The second-order valence-electron chi connectivity index (χ2n) is 10.9. The second-order valence-corrected chi connectivity index (χ2v) is 12.1. The predicted molar refractivity (Wildman–Crippen MR) is 154 cm³/mol. The molecule has 3 heterocycles. The van der Waals surface area contributed by atoms with Crippen LogP contribution in [0.2, 0.25) is 0 Å². The van der Waals surface area contributed by atoms with Crippen LogP contribution in [-0.4, -0.2) is 83.3 Å². The van der Waals surface area contributed by atoms with E-state index in [-0.39, 0.29) is 42.3 Å². The number of aliphatic hydroxyl groups is 1. The van der Waals surface area contributed by atoms with E-state index in [1.54, 1.807) is 48.4 Å². The highest BCUT2D eigenvalue weighted by molar-refractivity contribution is 9.09. The number of rotatable bonds is 13. The Bertz CT molecular complexity index is 1130. The lowest BCUT2D eigenvalue weighted by Crippen LogP contribution is -2.60. The number of hydrogen-bond acceptors (Lipinski definition) is 7. The summed E-state index contributed by atoms with van der Waals surface area (Å²) < 4.78 is 17.4. The summed E-state index contributed by atoms with van der Waals surface area (Å²) in [6.07, 6.45) is 4.45. The third-order valence-corrected chi connectivity index (χ3v) is 9.15. The molecule has 1 aromatic carbocycles. The van der Waals surface area contributed by atoms with Crippen LogP contribution in [-0.2, 0) is 23.9 Å². The van der Waals surface area contributed by atoms with Crippen LogP contribution in [0, 0.1) is 17.8 Å². The molecule has 3 aliphatic rings. The number of benzene rings is 1. The third kappa shape index (κ3) is 5.10. The first-order chi connectivity index (χ1) is 19.2. The number of carbonyl (C=O) groups is 3. The molecular formula is C30H39BrN2O7. The van der Waals surface area contributed by atoms with Gasteiger partial charge in [0.1, 0.15) is 17.4 Å². The summed E-state index contributed by atoms with van der Waals surface area (Å²) in [6.45, 7) is 11.4. The van der Waals surface area contributed by atoms with Crippen molar-refractivity contribution in [2.45, 2.75) is 61.7 Å². The van der Waals surface area contributed by atoms with Gasteiger partial charge in [0.2, 0.25) is 5.91 Å². The van der Waals surface area contributed by atoms with Crippen molar-refractivity contribution in [3.63, 3.8) is 0 Å². The van der Waals surface area contributed by atoms with Crippen LogP contribution >= 0.6 is 15.9 Å². The topological polar surface area (TPSA) is 106 Å². The summed E-state index contributed by atoms with van der Waals surface area (Å²) in [6, 6.07) is 5.34. The number of anilines is 1. The smallest absolute Gasteiger partial charge is 0.312 e. The lowest BCUT2D eigenvalue weighted by atomic mass is 9.70. The monoisotopic (exact) mass is 618 g/mol. The van der Waals surface area contributed by atoms with E-state index in [0.717, 1.165) is 0 Å². The molecule has 3 fully saturated rings. The molecule has 218 valence electrons. The molecule has 3 aliphatic heterocycles. The molecule has 3 saturated heterocycles. The number of halogens is 1. The van der Waals surface area contributed by atoms with E-state index in [9.17, 15) is 19.5 Å². The van der Waals surface area contributed by atoms with Gasteiger partial charge >= 0.3 is 5.97 Å². The standard InChI is InChI=1S/C30H39BrN2O7/c1-6-8-9-15-39-29(37)23-24-27(35)33(22(17-34)18(3)4)26(30(24)16-21(31)25(23)40-30)28(36)32(14-7-2)19-10-12-20(38-5)13-11-19/h6-7,10-13,18,21-26,34H,1-2,8-9,14-17H2,3-5H3/t21?,22-,23+,24-,25+,26?,30?/m0/s1. The van der Waals surface area contributed by atoms with E-state index in [2.05, 4.69) is 29.1 Å². The minimum absolute atomic E-state index is 0.158. The molecule has 0 aromatic heterocycles. The first kappa shape index (κ1) is 30.3. The molecule has 1 spiro atoms. The minimum Gasteiger partial charge on any atom is -0.497 e. The molecule has 9 nitrogen and oxygen atoms in total. The van der Waals surface area contributed by atoms with Crippen LogP contribution in [0.25, 0.3) is 0 Å². The number of unbranched alkanes of at least 4 members (excludes halogenated alkanes) is 1. The highest BCUT2D eigenvalue weighted by Crippen LogP contribution is 2.61. The van der Waals surface area contributed by atoms with E-state index in [1.165, 1.54) is 4.90 Å². The Morgan fingerprint density at radius 2 is 1.98 bits per heavy atom. The lowest BCUT2D eigenvalue weighted by molar-refractivity contribution is -0.156. The van der Waals surface area contributed by atoms with Gasteiger partial charge in [-0.1, -0.05) is 41.9 Å². The zero-order chi connectivity index (χ0) is 29.2. The molecule has 10 heteroatoms. The Balaban J connectivity index is 1.78. The van der Waals surface area contributed by atoms with Gasteiger partial charge in [0.15, 0.2) is 0 Å². The maximum atomic E-state index is 14.6. The Morgan fingerprint density at radius 3 is 2.55 bits per heavy atom. The summed E-state index contributed by atoms with van der Waals surface area (Å²) in [7, 11) is 1.56. The Kier molecular flexibility index (Phi) is 9.42. The highest BCUT2D eigenvalue weighted by atomic mass is 79.9. The Morgan fingerprint density at radius 1 is 1.27 bits per heavy atom. The normalized spacial score (nSPS) is 29.3.